The summed E-state index contributed by atoms with van der Waals surface area (Å²) in [5, 5.41) is 0. The molecule has 2 rings (SSSR count). The maximum Gasteiger partial charge on any atom is 0.387 e. The van der Waals surface area contributed by atoms with Gasteiger partial charge in [0.25, 0.3) is 5.91 Å². The second-order valence-corrected chi connectivity index (χ2v) is 8.10. The Morgan fingerprint density at radius 1 is 1.17 bits per heavy atom. The number of hydrogen-bond acceptors (Lipinski definition) is 5. The molecule has 0 unspecified atom stereocenters. The number of hydrogen-bond donors (Lipinski definition) is 1. The summed E-state index contributed by atoms with van der Waals surface area (Å²) in [5.41, 5.74) is 1.36. The molecule has 0 aliphatic rings. The molecule has 0 aliphatic heterocycles. The van der Waals surface area contributed by atoms with Gasteiger partial charge in [0.15, 0.2) is 11.5 Å². The summed E-state index contributed by atoms with van der Waals surface area (Å²) in [4.78, 5) is 14.2. The van der Waals surface area contributed by atoms with Crippen LogP contribution in [-0.4, -0.2) is 47.0 Å². The molecule has 1 amide bonds. The van der Waals surface area contributed by atoms with Crippen LogP contribution in [0.2, 0.25) is 0 Å². The fourth-order valence-electron chi connectivity index (χ4n) is 2.68. The van der Waals surface area contributed by atoms with Crippen LogP contribution < -0.4 is 14.2 Å². The van der Waals surface area contributed by atoms with E-state index < -0.39 is 22.5 Å². The standard InChI is InChI=1S/C19H22F2N2O5S/c1-12-5-7-14(29(25,26)22-2)10-15(12)18(24)23(3)11-13-6-8-16(27-4)17(9-13)28-19(20)21/h5-10,19,22H,11H2,1-4H3. The molecule has 0 heterocycles. The fourth-order valence-corrected chi connectivity index (χ4v) is 3.43. The molecule has 2 aromatic carbocycles. The minimum atomic E-state index is -3.70. The van der Waals surface area contributed by atoms with Crippen LogP contribution in [0, 0.1) is 6.92 Å². The van der Waals surface area contributed by atoms with Crippen molar-refractivity contribution in [1.29, 1.82) is 0 Å². The van der Waals surface area contributed by atoms with Gasteiger partial charge < -0.3 is 14.4 Å². The average molecular weight is 428 g/mol. The zero-order valence-electron chi connectivity index (χ0n) is 16.4. The van der Waals surface area contributed by atoms with E-state index in [0.29, 0.717) is 11.1 Å². The van der Waals surface area contributed by atoms with Crippen molar-refractivity contribution in [3.8, 4) is 11.5 Å². The first-order chi connectivity index (χ1) is 13.6. The van der Waals surface area contributed by atoms with E-state index in [1.165, 1.54) is 50.4 Å². The third kappa shape index (κ3) is 5.42. The Morgan fingerprint density at radius 2 is 1.86 bits per heavy atom. The van der Waals surface area contributed by atoms with Gasteiger partial charge in [0.2, 0.25) is 10.0 Å². The molecule has 2 aromatic rings. The summed E-state index contributed by atoms with van der Waals surface area (Å²) in [6.07, 6.45) is 0. The molecular weight excluding hydrogens is 406 g/mol. The van der Waals surface area contributed by atoms with Crippen LogP contribution in [0.5, 0.6) is 11.5 Å². The van der Waals surface area contributed by atoms with E-state index in [1.54, 1.807) is 19.1 Å². The summed E-state index contributed by atoms with van der Waals surface area (Å²) < 4.78 is 60.9. The molecule has 0 fully saturated rings. The maximum absolute atomic E-state index is 12.9. The van der Waals surface area contributed by atoms with Gasteiger partial charge in [-0.15, -0.1) is 0 Å². The fraction of sp³-hybridized carbons (Fsp3) is 0.316. The number of amides is 1. The average Bonchev–Trinajstić information content (AvgIpc) is 2.67. The molecule has 0 saturated carbocycles. The zero-order chi connectivity index (χ0) is 21.8. The summed E-state index contributed by atoms with van der Waals surface area (Å²) in [6, 6.07) is 8.72. The first-order valence-electron chi connectivity index (χ1n) is 8.50. The molecule has 0 saturated heterocycles. The van der Waals surface area contributed by atoms with Crippen molar-refractivity contribution >= 4 is 15.9 Å². The molecule has 0 atom stereocenters. The number of nitrogens with one attached hydrogen (secondary N) is 1. The van der Waals surface area contributed by atoms with E-state index in [0.717, 1.165) is 0 Å². The number of methoxy groups -OCH3 is 1. The van der Waals surface area contributed by atoms with Crippen molar-refractivity contribution in [2.24, 2.45) is 0 Å². The lowest BCUT2D eigenvalue weighted by molar-refractivity contribution is -0.0512. The van der Waals surface area contributed by atoms with E-state index in [1.807, 2.05) is 0 Å². The van der Waals surface area contributed by atoms with Gasteiger partial charge >= 0.3 is 6.61 Å². The minimum Gasteiger partial charge on any atom is -0.493 e. The lowest BCUT2D eigenvalue weighted by atomic mass is 10.1. The van der Waals surface area contributed by atoms with E-state index in [4.69, 9.17) is 4.74 Å². The molecule has 0 radical (unpaired) electrons. The smallest absolute Gasteiger partial charge is 0.387 e. The van der Waals surface area contributed by atoms with Crippen LogP contribution in [-0.2, 0) is 16.6 Å². The van der Waals surface area contributed by atoms with Gasteiger partial charge in [-0.05, 0) is 49.4 Å². The van der Waals surface area contributed by atoms with E-state index >= 15 is 0 Å². The third-order valence-corrected chi connectivity index (χ3v) is 5.64. The van der Waals surface area contributed by atoms with Crippen LogP contribution in [0.1, 0.15) is 21.5 Å². The maximum atomic E-state index is 12.9. The normalized spacial score (nSPS) is 11.4. The Hall–Kier alpha value is -2.72. The Balaban J connectivity index is 2.29. The summed E-state index contributed by atoms with van der Waals surface area (Å²) in [5.74, 6) is -0.411. The Kier molecular flexibility index (Phi) is 7.15. The lowest BCUT2D eigenvalue weighted by Crippen LogP contribution is -2.27. The summed E-state index contributed by atoms with van der Waals surface area (Å²) >= 11 is 0. The number of sulfonamides is 1. The first-order valence-corrected chi connectivity index (χ1v) is 9.98. The van der Waals surface area contributed by atoms with Crippen LogP contribution in [0.4, 0.5) is 8.78 Å². The minimum absolute atomic E-state index is 0.0283. The third-order valence-electron chi connectivity index (χ3n) is 4.23. The highest BCUT2D eigenvalue weighted by Crippen LogP contribution is 2.30. The molecule has 1 N–H and O–H groups in total. The quantitative estimate of drug-likeness (QED) is 0.699. The second kappa shape index (κ2) is 9.19. The molecule has 29 heavy (non-hydrogen) atoms. The lowest BCUT2D eigenvalue weighted by Gasteiger charge is -2.20. The summed E-state index contributed by atoms with van der Waals surface area (Å²) in [6.45, 7) is -1.23. The van der Waals surface area contributed by atoms with Crippen molar-refractivity contribution in [3.05, 3.63) is 53.1 Å². The second-order valence-electron chi connectivity index (χ2n) is 6.21. The number of rotatable bonds is 8. The molecule has 0 bridgehead atoms. The molecule has 0 aliphatic carbocycles. The number of carbonyl (C=O) groups excluding carboxylic acids is 1. The predicted molar refractivity (Wildman–Crippen MR) is 103 cm³/mol. The van der Waals surface area contributed by atoms with E-state index in [-0.39, 0.29) is 28.5 Å². The molecule has 0 spiro atoms. The Morgan fingerprint density at radius 3 is 2.45 bits per heavy atom. The topological polar surface area (TPSA) is 84.9 Å². The highest BCUT2D eigenvalue weighted by Gasteiger charge is 2.20. The molecule has 0 aromatic heterocycles. The molecular formula is C19H22F2N2O5S. The van der Waals surface area contributed by atoms with Crippen molar-refractivity contribution in [3.63, 3.8) is 0 Å². The number of benzene rings is 2. The van der Waals surface area contributed by atoms with Crippen molar-refractivity contribution in [2.75, 3.05) is 21.2 Å². The van der Waals surface area contributed by atoms with Crippen LogP contribution in [0.3, 0.4) is 0 Å². The highest BCUT2D eigenvalue weighted by atomic mass is 32.2. The van der Waals surface area contributed by atoms with Crippen LogP contribution in [0.25, 0.3) is 0 Å². The monoisotopic (exact) mass is 428 g/mol. The van der Waals surface area contributed by atoms with Crippen molar-refractivity contribution in [2.45, 2.75) is 25.0 Å². The van der Waals surface area contributed by atoms with E-state index in [2.05, 4.69) is 9.46 Å². The van der Waals surface area contributed by atoms with Gasteiger partial charge in [0, 0.05) is 19.2 Å². The highest BCUT2D eigenvalue weighted by molar-refractivity contribution is 7.89. The number of halogens is 2. The molecule has 10 heteroatoms. The van der Waals surface area contributed by atoms with Gasteiger partial charge in [-0.1, -0.05) is 12.1 Å². The molecule has 158 valence electrons. The van der Waals surface area contributed by atoms with Crippen molar-refractivity contribution < 1.29 is 31.5 Å². The number of ether oxygens (including phenoxy) is 2. The van der Waals surface area contributed by atoms with Gasteiger partial charge in [-0.25, -0.2) is 13.1 Å². The van der Waals surface area contributed by atoms with Gasteiger partial charge in [0.1, 0.15) is 0 Å². The number of alkyl halides is 2. The number of carbonyl (C=O) groups is 1. The largest absolute Gasteiger partial charge is 0.493 e. The zero-order valence-corrected chi connectivity index (χ0v) is 17.2. The van der Waals surface area contributed by atoms with Crippen LogP contribution in [0.15, 0.2) is 41.3 Å². The van der Waals surface area contributed by atoms with Gasteiger partial charge in [0.05, 0.1) is 12.0 Å². The Labute approximate surface area is 168 Å². The van der Waals surface area contributed by atoms with E-state index in [9.17, 15) is 22.0 Å². The first kappa shape index (κ1) is 22.6. The number of aryl methyl sites for hydroxylation is 1. The molecule has 7 nitrogen and oxygen atoms in total. The van der Waals surface area contributed by atoms with Gasteiger partial charge in [-0.3, -0.25) is 4.79 Å². The Bertz CT molecular complexity index is 996. The van der Waals surface area contributed by atoms with Crippen LogP contribution >= 0.6 is 0 Å². The predicted octanol–water partition coefficient (Wildman–Crippen LogP) is 2.79. The van der Waals surface area contributed by atoms with Crippen molar-refractivity contribution in [1.82, 2.24) is 9.62 Å². The van der Waals surface area contributed by atoms with Gasteiger partial charge in [-0.2, -0.15) is 8.78 Å². The number of nitrogens with zero attached hydrogens (tertiary/aromatic N) is 1. The summed E-state index contributed by atoms with van der Waals surface area (Å²) in [7, 11) is 0.439. The SMILES string of the molecule is CNS(=O)(=O)c1ccc(C)c(C(=O)N(C)Cc2ccc(OC)c(OC(F)F)c2)c1.